The Kier molecular flexibility index (Phi) is 3.13. The summed E-state index contributed by atoms with van der Waals surface area (Å²) in [5.41, 5.74) is 1.09. The van der Waals surface area contributed by atoms with Crippen molar-refractivity contribution >= 4 is 5.78 Å². The summed E-state index contributed by atoms with van der Waals surface area (Å²) >= 11 is 0. The summed E-state index contributed by atoms with van der Waals surface area (Å²) < 4.78 is 10.8. The summed E-state index contributed by atoms with van der Waals surface area (Å²) in [7, 11) is 1.62. The molecule has 3 nitrogen and oxygen atoms in total. The van der Waals surface area contributed by atoms with E-state index < -0.39 is 0 Å². The van der Waals surface area contributed by atoms with Crippen LogP contribution in [0.5, 0.6) is 11.5 Å². The Bertz CT molecular complexity index is 398. The van der Waals surface area contributed by atoms with E-state index in [1.807, 2.05) is 25.1 Å². The molecule has 0 saturated heterocycles. The van der Waals surface area contributed by atoms with Gasteiger partial charge in [0.05, 0.1) is 7.11 Å². The molecule has 0 fully saturated rings. The number of hydrogen-bond acceptors (Lipinski definition) is 3. The van der Waals surface area contributed by atoms with Crippen molar-refractivity contribution in [3.8, 4) is 11.5 Å². The highest BCUT2D eigenvalue weighted by molar-refractivity contribution is 5.84. The number of benzene rings is 1. The molecule has 1 aromatic carbocycles. The van der Waals surface area contributed by atoms with Gasteiger partial charge in [0, 0.05) is 18.9 Å². The fourth-order valence-electron chi connectivity index (χ4n) is 1.92. The number of carbonyl (C=O) groups is 1. The van der Waals surface area contributed by atoms with Gasteiger partial charge in [0.1, 0.15) is 11.5 Å². The minimum absolute atomic E-state index is 0.192. The molecule has 0 aromatic heterocycles. The zero-order valence-electron chi connectivity index (χ0n) is 9.66. The van der Waals surface area contributed by atoms with Gasteiger partial charge < -0.3 is 9.47 Å². The van der Waals surface area contributed by atoms with E-state index in [1.165, 1.54) is 0 Å². The fourth-order valence-corrected chi connectivity index (χ4v) is 1.92. The molecule has 1 aliphatic heterocycles. The molecule has 16 heavy (non-hydrogen) atoms. The van der Waals surface area contributed by atoms with Crippen molar-refractivity contribution in [2.24, 2.45) is 0 Å². The number of ketones is 1. The standard InChI is InChI=1S/C13H16O3/c1-3-4-11(14)13-7-9-5-6-10(15-2)8-12(9)16-13/h5-6,8,13H,3-4,7H2,1-2H3. The second kappa shape index (κ2) is 4.56. The number of ether oxygens (including phenoxy) is 2. The van der Waals surface area contributed by atoms with E-state index in [2.05, 4.69) is 0 Å². The molecule has 0 spiro atoms. The van der Waals surface area contributed by atoms with Crippen molar-refractivity contribution in [1.82, 2.24) is 0 Å². The molecule has 1 aromatic rings. The first-order valence-corrected chi connectivity index (χ1v) is 5.61. The second-order valence-electron chi connectivity index (χ2n) is 4.00. The lowest BCUT2D eigenvalue weighted by molar-refractivity contribution is -0.125. The Morgan fingerprint density at radius 2 is 2.38 bits per heavy atom. The van der Waals surface area contributed by atoms with E-state index in [-0.39, 0.29) is 11.9 Å². The van der Waals surface area contributed by atoms with E-state index in [9.17, 15) is 4.79 Å². The molecular formula is C13H16O3. The minimum atomic E-state index is -0.290. The zero-order valence-corrected chi connectivity index (χ0v) is 9.66. The number of hydrogen-bond donors (Lipinski definition) is 0. The lowest BCUT2D eigenvalue weighted by Crippen LogP contribution is -2.24. The van der Waals surface area contributed by atoms with Crippen LogP contribution in [0.4, 0.5) is 0 Å². The number of Topliss-reactive ketones (excluding diaryl/α,β-unsaturated/α-hetero) is 1. The van der Waals surface area contributed by atoms with Crippen molar-refractivity contribution in [2.45, 2.75) is 32.3 Å². The van der Waals surface area contributed by atoms with Crippen molar-refractivity contribution in [1.29, 1.82) is 0 Å². The maximum atomic E-state index is 11.7. The summed E-state index contributed by atoms with van der Waals surface area (Å²) in [4.78, 5) is 11.7. The first kappa shape index (κ1) is 11.0. The van der Waals surface area contributed by atoms with Crippen LogP contribution >= 0.6 is 0 Å². The monoisotopic (exact) mass is 220 g/mol. The Labute approximate surface area is 95.4 Å². The number of fused-ring (bicyclic) bond motifs is 1. The number of methoxy groups -OCH3 is 1. The van der Waals surface area contributed by atoms with Gasteiger partial charge in [-0.1, -0.05) is 13.0 Å². The number of carbonyl (C=O) groups excluding carboxylic acids is 1. The third-order valence-electron chi connectivity index (χ3n) is 2.80. The van der Waals surface area contributed by atoms with Crippen molar-refractivity contribution in [3.63, 3.8) is 0 Å². The summed E-state index contributed by atoms with van der Waals surface area (Å²) in [5.74, 6) is 1.74. The summed E-state index contributed by atoms with van der Waals surface area (Å²) in [6, 6.07) is 5.71. The van der Waals surface area contributed by atoms with Gasteiger partial charge in [-0.25, -0.2) is 0 Å². The minimum Gasteiger partial charge on any atom is -0.497 e. The normalized spacial score (nSPS) is 17.8. The number of rotatable bonds is 4. The van der Waals surface area contributed by atoms with E-state index in [1.54, 1.807) is 7.11 Å². The van der Waals surface area contributed by atoms with Gasteiger partial charge >= 0.3 is 0 Å². The average Bonchev–Trinajstić information content (AvgIpc) is 2.71. The first-order valence-electron chi connectivity index (χ1n) is 5.61. The molecule has 1 heterocycles. The topological polar surface area (TPSA) is 35.5 Å². The van der Waals surface area contributed by atoms with Crippen molar-refractivity contribution in [2.75, 3.05) is 7.11 Å². The molecule has 0 bridgehead atoms. The second-order valence-corrected chi connectivity index (χ2v) is 4.00. The van der Waals surface area contributed by atoms with Crippen molar-refractivity contribution < 1.29 is 14.3 Å². The molecular weight excluding hydrogens is 204 g/mol. The molecule has 1 atom stereocenters. The Balaban J connectivity index is 2.11. The van der Waals surface area contributed by atoms with Crippen LogP contribution in [0.3, 0.4) is 0 Å². The lowest BCUT2D eigenvalue weighted by atomic mass is 10.0. The van der Waals surface area contributed by atoms with Crippen LogP contribution in [0.2, 0.25) is 0 Å². The van der Waals surface area contributed by atoms with E-state index in [0.29, 0.717) is 12.8 Å². The van der Waals surface area contributed by atoms with Crippen LogP contribution in [0.15, 0.2) is 18.2 Å². The molecule has 0 N–H and O–H groups in total. The van der Waals surface area contributed by atoms with Gasteiger partial charge in [-0.3, -0.25) is 4.79 Å². The molecule has 86 valence electrons. The fraction of sp³-hybridized carbons (Fsp3) is 0.462. The van der Waals surface area contributed by atoms with Gasteiger partial charge in [-0.15, -0.1) is 0 Å². The molecule has 1 aliphatic rings. The maximum Gasteiger partial charge on any atom is 0.173 e. The Hall–Kier alpha value is -1.51. The molecule has 2 rings (SSSR count). The van der Waals surface area contributed by atoms with Crippen LogP contribution in [0, 0.1) is 0 Å². The predicted molar refractivity (Wildman–Crippen MR) is 61.0 cm³/mol. The van der Waals surface area contributed by atoms with E-state index in [4.69, 9.17) is 9.47 Å². The van der Waals surface area contributed by atoms with E-state index in [0.717, 1.165) is 23.5 Å². The van der Waals surface area contributed by atoms with Crippen LogP contribution in [-0.4, -0.2) is 19.0 Å². The van der Waals surface area contributed by atoms with Gasteiger partial charge in [-0.2, -0.15) is 0 Å². The largest absolute Gasteiger partial charge is 0.497 e. The SMILES string of the molecule is CCCC(=O)C1Cc2ccc(OC)cc2O1. The predicted octanol–water partition coefficient (Wildman–Crippen LogP) is 2.37. The smallest absolute Gasteiger partial charge is 0.173 e. The van der Waals surface area contributed by atoms with Gasteiger partial charge in [0.15, 0.2) is 11.9 Å². The highest BCUT2D eigenvalue weighted by atomic mass is 16.5. The van der Waals surface area contributed by atoms with Crippen LogP contribution in [-0.2, 0) is 11.2 Å². The Morgan fingerprint density at radius 3 is 3.06 bits per heavy atom. The van der Waals surface area contributed by atoms with Gasteiger partial charge in [0.2, 0.25) is 0 Å². The molecule has 0 saturated carbocycles. The average molecular weight is 220 g/mol. The highest BCUT2D eigenvalue weighted by Crippen LogP contribution is 2.32. The zero-order chi connectivity index (χ0) is 11.5. The molecule has 0 amide bonds. The van der Waals surface area contributed by atoms with Crippen LogP contribution < -0.4 is 9.47 Å². The van der Waals surface area contributed by atoms with Crippen molar-refractivity contribution in [3.05, 3.63) is 23.8 Å². The van der Waals surface area contributed by atoms with Crippen LogP contribution in [0.1, 0.15) is 25.3 Å². The molecule has 1 unspecified atom stereocenters. The third kappa shape index (κ3) is 2.03. The highest BCUT2D eigenvalue weighted by Gasteiger charge is 2.28. The third-order valence-corrected chi connectivity index (χ3v) is 2.80. The first-order chi connectivity index (χ1) is 7.74. The quantitative estimate of drug-likeness (QED) is 0.781. The van der Waals surface area contributed by atoms with Gasteiger partial charge in [-0.05, 0) is 18.1 Å². The Morgan fingerprint density at radius 1 is 1.56 bits per heavy atom. The lowest BCUT2D eigenvalue weighted by Gasteiger charge is -2.08. The summed E-state index contributed by atoms with van der Waals surface area (Å²) in [6.07, 6.45) is 1.87. The van der Waals surface area contributed by atoms with Crippen LogP contribution in [0.25, 0.3) is 0 Å². The summed E-state index contributed by atoms with van der Waals surface area (Å²) in [5, 5.41) is 0. The maximum absolute atomic E-state index is 11.7. The summed E-state index contributed by atoms with van der Waals surface area (Å²) in [6.45, 7) is 2.00. The molecule has 0 radical (unpaired) electrons. The van der Waals surface area contributed by atoms with E-state index >= 15 is 0 Å². The molecule has 0 aliphatic carbocycles. The van der Waals surface area contributed by atoms with Gasteiger partial charge in [0.25, 0.3) is 0 Å². The molecule has 3 heteroatoms.